The summed E-state index contributed by atoms with van der Waals surface area (Å²) in [6.45, 7) is 4.50. The van der Waals surface area contributed by atoms with E-state index in [1.165, 1.54) is 10.5 Å². The number of unbranched alkanes of at least 4 members (excludes halogenated alkanes) is 1. The van der Waals surface area contributed by atoms with Crippen LogP contribution in [0.1, 0.15) is 32.5 Å². The van der Waals surface area contributed by atoms with Crippen LogP contribution in [0, 0.1) is 0 Å². The molecule has 0 saturated carbocycles. The van der Waals surface area contributed by atoms with Gasteiger partial charge in [-0.3, -0.25) is 0 Å². The van der Waals surface area contributed by atoms with E-state index in [9.17, 15) is 8.42 Å². The topological polar surface area (TPSA) is 66.1 Å². The number of aromatic nitrogens is 2. The fraction of sp³-hybridized carbons (Fsp3) is 0.700. The van der Waals surface area contributed by atoms with Gasteiger partial charge in [0.2, 0.25) is 0 Å². The number of hydrogen-bond acceptors (Lipinski definition) is 3. The third kappa shape index (κ3) is 2.82. The number of imidazole rings is 1. The highest BCUT2D eigenvalue weighted by atomic mass is 32.2. The second-order valence-corrected chi connectivity index (χ2v) is 5.74. The second kappa shape index (κ2) is 5.45. The maximum absolute atomic E-state index is 12.0. The fourth-order valence-electron chi connectivity index (χ4n) is 1.32. The minimum atomic E-state index is -3.39. The highest BCUT2D eigenvalue weighted by Gasteiger charge is 2.22. The summed E-state index contributed by atoms with van der Waals surface area (Å²) in [6, 6.07) is 0. The Labute approximate surface area is 96.9 Å². The van der Waals surface area contributed by atoms with Gasteiger partial charge in [-0.25, -0.2) is 13.4 Å². The summed E-state index contributed by atoms with van der Waals surface area (Å²) in [6.07, 6.45) is 3.93. The van der Waals surface area contributed by atoms with Crippen LogP contribution in [0.25, 0.3) is 0 Å². The van der Waals surface area contributed by atoms with Crippen LogP contribution in [0.4, 0.5) is 0 Å². The van der Waals surface area contributed by atoms with E-state index in [-0.39, 0.29) is 5.03 Å². The SMILES string of the molecule is CCCCN(C)S(=O)(=O)c1cnc(CC)[nH]1. The third-order valence-corrected chi connectivity index (χ3v) is 4.22. The minimum Gasteiger partial charge on any atom is -0.332 e. The normalized spacial score (nSPS) is 12.2. The van der Waals surface area contributed by atoms with E-state index in [0.717, 1.165) is 12.8 Å². The Balaban J connectivity index is 2.84. The lowest BCUT2D eigenvalue weighted by molar-refractivity contribution is 0.457. The summed E-state index contributed by atoms with van der Waals surface area (Å²) in [7, 11) is -1.79. The summed E-state index contributed by atoms with van der Waals surface area (Å²) in [5.41, 5.74) is 0. The molecule has 1 aromatic rings. The van der Waals surface area contributed by atoms with Crippen LogP contribution in [-0.4, -0.2) is 36.3 Å². The van der Waals surface area contributed by atoms with Crippen molar-refractivity contribution in [3.05, 3.63) is 12.0 Å². The first-order valence-electron chi connectivity index (χ1n) is 5.52. The maximum Gasteiger partial charge on any atom is 0.259 e. The molecule has 0 aromatic carbocycles. The van der Waals surface area contributed by atoms with Crippen LogP contribution in [0.3, 0.4) is 0 Å². The number of sulfonamides is 1. The molecule has 5 nitrogen and oxygen atoms in total. The van der Waals surface area contributed by atoms with E-state index in [2.05, 4.69) is 9.97 Å². The molecule has 1 heterocycles. The Hall–Kier alpha value is -0.880. The molecule has 6 heteroatoms. The smallest absolute Gasteiger partial charge is 0.259 e. The van der Waals surface area contributed by atoms with Gasteiger partial charge in [0.25, 0.3) is 10.0 Å². The van der Waals surface area contributed by atoms with Crippen molar-refractivity contribution in [3.63, 3.8) is 0 Å². The Morgan fingerprint density at radius 2 is 2.12 bits per heavy atom. The minimum absolute atomic E-state index is 0.183. The summed E-state index contributed by atoms with van der Waals surface area (Å²) < 4.78 is 25.4. The lowest BCUT2D eigenvalue weighted by Gasteiger charge is -2.14. The summed E-state index contributed by atoms with van der Waals surface area (Å²) >= 11 is 0. The van der Waals surface area contributed by atoms with Crippen LogP contribution in [0.5, 0.6) is 0 Å². The number of aromatic amines is 1. The zero-order valence-electron chi connectivity index (χ0n) is 10.0. The Morgan fingerprint density at radius 1 is 1.44 bits per heavy atom. The van der Waals surface area contributed by atoms with Crippen molar-refractivity contribution in [2.45, 2.75) is 38.1 Å². The first-order chi connectivity index (χ1) is 7.52. The average Bonchev–Trinajstić information content (AvgIpc) is 2.74. The Morgan fingerprint density at radius 3 is 2.62 bits per heavy atom. The van der Waals surface area contributed by atoms with Crippen molar-refractivity contribution in [2.75, 3.05) is 13.6 Å². The first kappa shape index (κ1) is 13.2. The van der Waals surface area contributed by atoms with Crippen molar-refractivity contribution in [1.29, 1.82) is 0 Å². The predicted octanol–water partition coefficient (Wildman–Crippen LogP) is 1.39. The standard InChI is InChI=1S/C10H19N3O2S/c1-4-6-7-13(3)16(14,15)10-8-11-9(5-2)12-10/h8H,4-7H2,1-3H3,(H,11,12). The van der Waals surface area contributed by atoms with Gasteiger partial charge in [0, 0.05) is 20.0 Å². The van der Waals surface area contributed by atoms with Gasteiger partial charge in [0.1, 0.15) is 5.82 Å². The molecule has 0 aliphatic heterocycles. The number of hydrogen-bond donors (Lipinski definition) is 1. The van der Waals surface area contributed by atoms with E-state index in [1.807, 2.05) is 13.8 Å². The molecule has 0 fully saturated rings. The molecule has 0 bridgehead atoms. The Bertz CT molecular complexity index is 425. The molecule has 0 radical (unpaired) electrons. The van der Waals surface area contributed by atoms with Gasteiger partial charge in [-0.05, 0) is 6.42 Å². The molecule has 0 aliphatic rings. The van der Waals surface area contributed by atoms with E-state index in [1.54, 1.807) is 7.05 Å². The van der Waals surface area contributed by atoms with Crippen molar-refractivity contribution in [2.24, 2.45) is 0 Å². The monoisotopic (exact) mass is 245 g/mol. The maximum atomic E-state index is 12.0. The number of nitrogens with zero attached hydrogens (tertiary/aromatic N) is 2. The van der Waals surface area contributed by atoms with Crippen molar-refractivity contribution < 1.29 is 8.42 Å². The zero-order valence-corrected chi connectivity index (χ0v) is 10.8. The third-order valence-electron chi connectivity index (χ3n) is 2.45. The molecule has 92 valence electrons. The van der Waals surface area contributed by atoms with Crippen molar-refractivity contribution in [3.8, 4) is 0 Å². The molecule has 1 rings (SSSR count). The van der Waals surface area contributed by atoms with E-state index < -0.39 is 10.0 Å². The van der Waals surface area contributed by atoms with Gasteiger partial charge in [-0.1, -0.05) is 20.3 Å². The molecular formula is C10H19N3O2S. The summed E-state index contributed by atoms with van der Waals surface area (Å²) in [4.78, 5) is 6.82. The van der Waals surface area contributed by atoms with Crippen molar-refractivity contribution >= 4 is 10.0 Å². The van der Waals surface area contributed by atoms with Gasteiger partial charge in [-0.2, -0.15) is 4.31 Å². The van der Waals surface area contributed by atoms with Crippen LogP contribution in [0.2, 0.25) is 0 Å². The van der Waals surface area contributed by atoms with Crippen LogP contribution < -0.4 is 0 Å². The zero-order chi connectivity index (χ0) is 12.2. The molecule has 0 unspecified atom stereocenters. The number of nitrogens with one attached hydrogen (secondary N) is 1. The van der Waals surface area contributed by atoms with Crippen LogP contribution in [-0.2, 0) is 16.4 Å². The molecule has 0 spiro atoms. The van der Waals surface area contributed by atoms with Gasteiger partial charge in [0.15, 0.2) is 5.03 Å². The summed E-state index contributed by atoms with van der Waals surface area (Å²) in [5, 5.41) is 0.183. The highest BCUT2D eigenvalue weighted by molar-refractivity contribution is 7.89. The molecule has 1 aromatic heterocycles. The van der Waals surface area contributed by atoms with Gasteiger partial charge in [0.05, 0.1) is 6.20 Å². The highest BCUT2D eigenvalue weighted by Crippen LogP contribution is 2.12. The molecule has 0 amide bonds. The van der Waals surface area contributed by atoms with Crippen LogP contribution in [0.15, 0.2) is 11.2 Å². The van der Waals surface area contributed by atoms with Gasteiger partial charge < -0.3 is 4.98 Å². The van der Waals surface area contributed by atoms with Gasteiger partial charge >= 0.3 is 0 Å². The van der Waals surface area contributed by atoms with Gasteiger partial charge in [-0.15, -0.1) is 0 Å². The van der Waals surface area contributed by atoms with Crippen molar-refractivity contribution in [1.82, 2.24) is 14.3 Å². The van der Waals surface area contributed by atoms with Crippen LogP contribution >= 0.6 is 0 Å². The van der Waals surface area contributed by atoms with E-state index in [4.69, 9.17) is 0 Å². The molecule has 16 heavy (non-hydrogen) atoms. The quantitative estimate of drug-likeness (QED) is 0.823. The Kier molecular flexibility index (Phi) is 4.49. The predicted molar refractivity (Wildman–Crippen MR) is 62.7 cm³/mol. The lowest BCUT2D eigenvalue weighted by atomic mass is 10.3. The van der Waals surface area contributed by atoms with E-state index >= 15 is 0 Å². The fourth-order valence-corrected chi connectivity index (χ4v) is 2.46. The molecule has 1 N–H and O–H groups in total. The molecule has 0 atom stereocenters. The molecule has 0 saturated heterocycles. The first-order valence-corrected chi connectivity index (χ1v) is 6.96. The average molecular weight is 245 g/mol. The number of aryl methyl sites for hydroxylation is 1. The number of rotatable bonds is 6. The molecule has 0 aliphatic carbocycles. The summed E-state index contributed by atoms with van der Waals surface area (Å²) in [5.74, 6) is 0.697. The lowest BCUT2D eigenvalue weighted by Crippen LogP contribution is -2.28. The largest absolute Gasteiger partial charge is 0.332 e. The number of H-pyrrole nitrogens is 1. The van der Waals surface area contributed by atoms with E-state index in [0.29, 0.717) is 18.8 Å². The molecular weight excluding hydrogens is 226 g/mol. The second-order valence-electron chi connectivity index (χ2n) is 3.73.